The molecule has 0 saturated carbocycles. The van der Waals surface area contributed by atoms with E-state index in [9.17, 15) is 19.2 Å². The van der Waals surface area contributed by atoms with Crippen molar-refractivity contribution in [2.45, 2.75) is 78.1 Å². The van der Waals surface area contributed by atoms with Gasteiger partial charge in [-0.15, -0.1) is 0 Å². The van der Waals surface area contributed by atoms with Crippen molar-refractivity contribution in [2.75, 3.05) is 9.80 Å². The predicted molar refractivity (Wildman–Crippen MR) is 234 cm³/mol. The summed E-state index contributed by atoms with van der Waals surface area (Å²) in [6.45, 7) is 4.40. The summed E-state index contributed by atoms with van der Waals surface area (Å²) in [5.41, 5.74) is 5.24. The second-order valence-corrected chi connectivity index (χ2v) is 16.9. The van der Waals surface area contributed by atoms with Crippen molar-refractivity contribution in [1.29, 1.82) is 0 Å². The molecule has 0 fully saturated rings. The highest BCUT2D eigenvalue weighted by Crippen LogP contribution is 2.51. The van der Waals surface area contributed by atoms with Crippen LogP contribution in [-0.2, 0) is 12.8 Å². The summed E-state index contributed by atoms with van der Waals surface area (Å²) < 4.78 is 1.37. The molecule has 0 radical (unpaired) electrons. The monoisotopic (exact) mass is 866 g/mol. The fourth-order valence-electron chi connectivity index (χ4n) is 8.97. The van der Waals surface area contributed by atoms with Gasteiger partial charge in [0.1, 0.15) is 0 Å². The zero-order chi connectivity index (χ0) is 38.8. The van der Waals surface area contributed by atoms with Crippen molar-refractivity contribution in [3.8, 4) is 0 Å². The van der Waals surface area contributed by atoms with Crippen LogP contribution in [0.3, 0.4) is 0 Å². The molecule has 2 heterocycles. The average Bonchev–Trinajstić information content (AvgIpc) is 3.20. The van der Waals surface area contributed by atoms with Crippen molar-refractivity contribution in [2.24, 2.45) is 0 Å². The molecular weight excluding hydrogens is 828 g/mol. The largest absolute Gasteiger partial charge is 0.268 e. The number of carbonyl (C=O) groups is 4. The van der Waals surface area contributed by atoms with Gasteiger partial charge in [-0.2, -0.15) is 0 Å². The predicted octanol–water partition coefficient (Wildman–Crippen LogP) is 13.1. The first-order chi connectivity index (χ1) is 27.2. The lowest BCUT2D eigenvalue weighted by Crippen LogP contribution is -2.40. The van der Waals surface area contributed by atoms with Crippen molar-refractivity contribution in [1.82, 2.24) is 0 Å². The van der Waals surface area contributed by atoms with Gasteiger partial charge >= 0.3 is 0 Å². The Morgan fingerprint density at radius 2 is 0.804 bits per heavy atom. The molecule has 0 spiro atoms. The van der Waals surface area contributed by atoms with Gasteiger partial charge in [0.2, 0.25) is 0 Å². The highest BCUT2D eigenvalue weighted by atomic mass is 79.9. The Bertz CT molecular complexity index is 2650. The fourth-order valence-corrected chi connectivity index (χ4v) is 10.3. The standard InChI is InChI=1S/C48H40Br2N2O4/c1-3-5-7-9-11-27-13-17-29(18-14-27)51-45(53)33-23-21-31-39-32(22-24-34(40(33)39)46(51)54)43-38(50)26-36-41-35(25-37(49)42(31)44(41)43)47(55)52(48(36)56)30-19-15-28(16-20-30)12-10-8-6-4-2/h13-26H,3-12H2,1-2H3. The lowest BCUT2D eigenvalue weighted by atomic mass is 9.82. The second-order valence-electron chi connectivity index (χ2n) is 15.2. The van der Waals surface area contributed by atoms with Gasteiger partial charge in [-0.1, -0.05) is 121 Å². The van der Waals surface area contributed by atoms with E-state index in [-0.39, 0.29) is 23.6 Å². The van der Waals surface area contributed by atoms with Crippen molar-refractivity contribution in [3.63, 3.8) is 0 Å². The summed E-state index contributed by atoms with van der Waals surface area (Å²) in [5.74, 6) is -1.49. The first kappa shape index (κ1) is 36.7. The zero-order valence-electron chi connectivity index (χ0n) is 31.4. The summed E-state index contributed by atoms with van der Waals surface area (Å²) in [4.78, 5) is 59.9. The molecule has 7 aromatic rings. The minimum Gasteiger partial charge on any atom is -0.268 e. The molecule has 0 unspecified atom stereocenters. The van der Waals surface area contributed by atoms with Crippen LogP contribution in [0.25, 0.3) is 43.1 Å². The maximum absolute atomic E-state index is 14.4. The summed E-state index contributed by atoms with van der Waals surface area (Å²) in [6, 6.07) is 26.7. The molecule has 0 aliphatic carbocycles. The highest BCUT2D eigenvalue weighted by Gasteiger charge is 2.39. The maximum Gasteiger partial charge on any atom is 0.266 e. The lowest BCUT2D eigenvalue weighted by Gasteiger charge is -2.31. The van der Waals surface area contributed by atoms with E-state index in [1.165, 1.54) is 59.5 Å². The van der Waals surface area contributed by atoms with Gasteiger partial charge in [-0.05, 0) is 101 Å². The number of rotatable bonds is 12. The number of benzene rings is 7. The molecule has 0 N–H and O–H groups in total. The molecule has 0 saturated heterocycles. The van der Waals surface area contributed by atoms with Crippen molar-refractivity contribution in [3.05, 3.63) is 127 Å². The van der Waals surface area contributed by atoms with E-state index in [1.807, 2.05) is 84.9 Å². The van der Waals surface area contributed by atoms with Gasteiger partial charge < -0.3 is 0 Å². The van der Waals surface area contributed by atoms with E-state index in [0.29, 0.717) is 53.3 Å². The van der Waals surface area contributed by atoms with E-state index in [1.54, 1.807) is 0 Å². The third-order valence-electron chi connectivity index (χ3n) is 11.8. The second kappa shape index (κ2) is 14.5. The number of hydrogen-bond donors (Lipinski definition) is 0. The number of unbranched alkanes of at least 4 members (excludes halogenated alkanes) is 6. The number of amides is 4. The quantitative estimate of drug-likeness (QED) is 0.0531. The topological polar surface area (TPSA) is 74.8 Å². The molecule has 6 nitrogen and oxygen atoms in total. The first-order valence-corrected chi connectivity index (χ1v) is 21.4. The van der Waals surface area contributed by atoms with Gasteiger partial charge in [-0.25, -0.2) is 9.80 Å². The molecule has 8 heteroatoms. The number of imide groups is 2. The molecule has 2 aliphatic heterocycles. The molecule has 2 aliphatic rings. The van der Waals surface area contributed by atoms with Crippen LogP contribution in [0.4, 0.5) is 11.4 Å². The molecule has 0 bridgehead atoms. The van der Waals surface area contributed by atoms with E-state index in [2.05, 4.69) is 45.7 Å². The zero-order valence-corrected chi connectivity index (χ0v) is 34.6. The van der Waals surface area contributed by atoms with Gasteiger partial charge in [0, 0.05) is 47.0 Å². The molecule has 4 amide bonds. The maximum atomic E-state index is 14.4. The Balaban J connectivity index is 1.15. The minimum absolute atomic E-state index is 0.364. The Hall–Kier alpha value is -4.92. The van der Waals surface area contributed by atoms with Crippen molar-refractivity contribution >= 4 is 110 Å². The molecule has 0 aromatic heterocycles. The van der Waals surface area contributed by atoms with Gasteiger partial charge in [0.15, 0.2) is 0 Å². The molecule has 56 heavy (non-hydrogen) atoms. The van der Waals surface area contributed by atoms with E-state index in [0.717, 1.165) is 58.0 Å². The van der Waals surface area contributed by atoms with Crippen LogP contribution >= 0.6 is 31.9 Å². The number of aryl methyl sites for hydroxylation is 2. The van der Waals surface area contributed by atoms with Crippen LogP contribution in [0.1, 0.15) is 118 Å². The van der Waals surface area contributed by atoms with Gasteiger partial charge in [-0.3, -0.25) is 19.2 Å². The van der Waals surface area contributed by atoms with Gasteiger partial charge in [0.05, 0.1) is 22.5 Å². The first-order valence-electron chi connectivity index (χ1n) is 19.8. The van der Waals surface area contributed by atoms with E-state index < -0.39 is 0 Å². The van der Waals surface area contributed by atoms with Crippen LogP contribution in [0.5, 0.6) is 0 Å². The Morgan fingerprint density at radius 1 is 0.411 bits per heavy atom. The number of hydrogen-bond acceptors (Lipinski definition) is 4. The van der Waals surface area contributed by atoms with Crippen LogP contribution in [0.2, 0.25) is 0 Å². The Labute approximate surface area is 342 Å². The fraction of sp³-hybridized carbons (Fsp3) is 0.250. The lowest BCUT2D eigenvalue weighted by molar-refractivity contribution is 0.0877. The molecular formula is C48H40Br2N2O4. The number of fused-ring (bicyclic) bond motifs is 2. The number of halogens is 2. The van der Waals surface area contributed by atoms with Crippen LogP contribution in [0.15, 0.2) is 93.9 Å². The number of carbonyl (C=O) groups excluding carboxylic acids is 4. The highest BCUT2D eigenvalue weighted by molar-refractivity contribution is 9.11. The summed E-state index contributed by atoms with van der Waals surface area (Å²) in [5, 5.41) is 6.08. The SMILES string of the molecule is CCCCCCc1ccc(N2C(=O)c3ccc4c5c(Br)cc6c7c(cc(Br)c(c8ccc(c3c48)C2=O)c75)C(=O)N(c2ccc(CCCCCC)cc2)C6=O)cc1. The molecule has 7 aromatic carbocycles. The average molecular weight is 869 g/mol. The van der Waals surface area contributed by atoms with E-state index >= 15 is 0 Å². The molecule has 9 rings (SSSR count). The summed E-state index contributed by atoms with van der Waals surface area (Å²) in [6.07, 6.45) is 11.3. The summed E-state index contributed by atoms with van der Waals surface area (Å²) >= 11 is 7.68. The normalized spacial score (nSPS) is 14.1. The Morgan fingerprint density at radius 3 is 1.21 bits per heavy atom. The molecule has 280 valence electrons. The minimum atomic E-state index is -0.379. The summed E-state index contributed by atoms with van der Waals surface area (Å²) in [7, 11) is 0. The van der Waals surface area contributed by atoms with Gasteiger partial charge in [0.25, 0.3) is 23.6 Å². The van der Waals surface area contributed by atoms with Crippen LogP contribution in [-0.4, -0.2) is 23.6 Å². The number of nitrogens with zero attached hydrogens (tertiary/aromatic N) is 2. The Kier molecular flexibility index (Phi) is 9.53. The van der Waals surface area contributed by atoms with Crippen LogP contribution < -0.4 is 9.80 Å². The molecule has 0 atom stereocenters. The van der Waals surface area contributed by atoms with E-state index in [4.69, 9.17) is 0 Å². The smallest absolute Gasteiger partial charge is 0.266 e. The third kappa shape index (κ3) is 5.70. The number of anilines is 2. The third-order valence-corrected chi connectivity index (χ3v) is 13.0. The van der Waals surface area contributed by atoms with Crippen molar-refractivity contribution < 1.29 is 19.2 Å². The van der Waals surface area contributed by atoms with Crippen LogP contribution in [0, 0.1) is 0 Å².